The van der Waals surface area contributed by atoms with E-state index in [2.05, 4.69) is 4.72 Å². The third-order valence-electron chi connectivity index (χ3n) is 3.13. The maximum Gasteiger partial charge on any atom is 0.216 e. The topological polar surface area (TPSA) is 66.4 Å². The van der Waals surface area contributed by atoms with Crippen LogP contribution in [0.15, 0.2) is 42.5 Å². The molecule has 0 bridgehead atoms. The maximum atomic E-state index is 13.5. The van der Waals surface area contributed by atoms with E-state index >= 15 is 0 Å². The van der Waals surface area contributed by atoms with Crippen LogP contribution in [-0.2, 0) is 28.9 Å². The van der Waals surface area contributed by atoms with Gasteiger partial charge in [-0.25, -0.2) is 21.9 Å². The smallest absolute Gasteiger partial charge is 0.216 e. The molecule has 0 spiro atoms. The first kappa shape index (κ1) is 16.5. The summed E-state index contributed by atoms with van der Waals surface area (Å²) in [5, 5.41) is 9.18. The van der Waals surface area contributed by atoms with E-state index in [1.165, 1.54) is 0 Å². The summed E-state index contributed by atoms with van der Waals surface area (Å²) >= 11 is 0. The van der Waals surface area contributed by atoms with Gasteiger partial charge in [-0.05, 0) is 17.2 Å². The van der Waals surface area contributed by atoms with Crippen LogP contribution in [0.2, 0.25) is 0 Å². The average Bonchev–Trinajstić information content (AvgIpc) is 2.48. The highest BCUT2D eigenvalue weighted by molar-refractivity contribution is 7.88. The number of hydrogen-bond donors (Lipinski definition) is 2. The molecule has 0 aliphatic rings. The van der Waals surface area contributed by atoms with Gasteiger partial charge in [0.2, 0.25) is 10.0 Å². The number of nitrogens with one attached hydrogen (secondary N) is 1. The zero-order valence-electron chi connectivity index (χ0n) is 11.6. The molecule has 2 rings (SSSR count). The number of aliphatic hydroxyl groups excluding tert-OH is 1. The second-order valence-corrected chi connectivity index (χ2v) is 6.55. The van der Waals surface area contributed by atoms with Crippen LogP contribution in [0.3, 0.4) is 0 Å². The van der Waals surface area contributed by atoms with Crippen molar-refractivity contribution in [3.8, 4) is 0 Å². The standard InChI is InChI=1S/C15H15F2NO3S/c16-14-6-5-13(15(17)7-14)10-22(20,21)18-8-11-3-1-2-4-12(11)9-19/h1-7,18-19H,8-10H2. The third-order valence-corrected chi connectivity index (χ3v) is 4.41. The molecule has 0 amide bonds. The fourth-order valence-electron chi connectivity index (χ4n) is 1.97. The first-order valence-corrected chi connectivity index (χ1v) is 8.15. The summed E-state index contributed by atoms with van der Waals surface area (Å²) in [6.07, 6.45) is 0. The van der Waals surface area contributed by atoms with E-state index in [1.807, 2.05) is 0 Å². The van der Waals surface area contributed by atoms with E-state index in [-0.39, 0.29) is 18.7 Å². The number of halogens is 2. The van der Waals surface area contributed by atoms with Crippen LogP contribution in [0.4, 0.5) is 8.78 Å². The van der Waals surface area contributed by atoms with Crippen molar-refractivity contribution in [2.45, 2.75) is 18.9 Å². The van der Waals surface area contributed by atoms with Gasteiger partial charge in [0.1, 0.15) is 11.6 Å². The highest BCUT2D eigenvalue weighted by Crippen LogP contribution is 2.13. The van der Waals surface area contributed by atoms with E-state index in [0.29, 0.717) is 17.2 Å². The summed E-state index contributed by atoms with van der Waals surface area (Å²) in [5.74, 6) is -2.25. The molecule has 118 valence electrons. The third kappa shape index (κ3) is 4.33. The molecule has 7 heteroatoms. The molecule has 0 radical (unpaired) electrons. The Hall–Kier alpha value is -1.83. The normalized spacial score (nSPS) is 11.6. The van der Waals surface area contributed by atoms with Crippen molar-refractivity contribution in [1.82, 2.24) is 4.72 Å². The largest absolute Gasteiger partial charge is 0.392 e. The number of benzene rings is 2. The lowest BCUT2D eigenvalue weighted by Gasteiger charge is -2.10. The van der Waals surface area contributed by atoms with Crippen LogP contribution >= 0.6 is 0 Å². The molecule has 0 fully saturated rings. The molecule has 0 atom stereocenters. The summed E-state index contributed by atoms with van der Waals surface area (Å²) in [7, 11) is -3.79. The molecule has 0 aromatic heterocycles. The summed E-state index contributed by atoms with van der Waals surface area (Å²) < 4.78 is 52.6. The molecule has 0 saturated carbocycles. The molecule has 22 heavy (non-hydrogen) atoms. The first-order chi connectivity index (χ1) is 10.4. The summed E-state index contributed by atoms with van der Waals surface area (Å²) in [6, 6.07) is 9.59. The highest BCUT2D eigenvalue weighted by atomic mass is 32.2. The quantitative estimate of drug-likeness (QED) is 0.854. The summed E-state index contributed by atoms with van der Waals surface area (Å²) in [6.45, 7) is -0.216. The zero-order chi connectivity index (χ0) is 16.2. The van der Waals surface area contributed by atoms with Gasteiger partial charge in [-0.1, -0.05) is 30.3 Å². The fourth-order valence-corrected chi connectivity index (χ4v) is 3.09. The SMILES string of the molecule is O=S(=O)(Cc1ccc(F)cc1F)NCc1ccccc1CO. The van der Waals surface area contributed by atoms with Gasteiger partial charge in [0, 0.05) is 18.2 Å². The summed E-state index contributed by atoms with van der Waals surface area (Å²) in [4.78, 5) is 0. The second-order valence-electron chi connectivity index (χ2n) is 4.74. The monoisotopic (exact) mass is 327 g/mol. The van der Waals surface area contributed by atoms with Crippen molar-refractivity contribution < 1.29 is 22.3 Å². The van der Waals surface area contributed by atoms with Gasteiger partial charge in [-0.15, -0.1) is 0 Å². The molecule has 0 aliphatic heterocycles. The number of hydrogen-bond acceptors (Lipinski definition) is 3. The number of rotatable bonds is 6. The minimum Gasteiger partial charge on any atom is -0.392 e. The van der Waals surface area contributed by atoms with E-state index in [1.54, 1.807) is 24.3 Å². The Kier molecular flexibility index (Phi) is 5.23. The average molecular weight is 327 g/mol. The Bertz CT molecular complexity index is 763. The molecule has 0 heterocycles. The Morgan fingerprint density at radius 3 is 2.32 bits per heavy atom. The van der Waals surface area contributed by atoms with E-state index in [4.69, 9.17) is 0 Å². The first-order valence-electron chi connectivity index (χ1n) is 6.50. The van der Waals surface area contributed by atoms with E-state index in [0.717, 1.165) is 12.1 Å². The van der Waals surface area contributed by atoms with Gasteiger partial charge < -0.3 is 5.11 Å². The maximum absolute atomic E-state index is 13.5. The highest BCUT2D eigenvalue weighted by Gasteiger charge is 2.15. The van der Waals surface area contributed by atoms with Crippen LogP contribution in [0.25, 0.3) is 0 Å². The van der Waals surface area contributed by atoms with Crippen LogP contribution < -0.4 is 4.72 Å². The lowest BCUT2D eigenvalue weighted by Crippen LogP contribution is -2.25. The second kappa shape index (κ2) is 6.95. The molecule has 0 aliphatic carbocycles. The molecule has 0 unspecified atom stereocenters. The van der Waals surface area contributed by atoms with E-state index < -0.39 is 27.4 Å². The minimum absolute atomic E-state index is 0.0120. The van der Waals surface area contributed by atoms with Crippen LogP contribution in [0.1, 0.15) is 16.7 Å². The summed E-state index contributed by atoms with van der Waals surface area (Å²) in [5.41, 5.74) is 1.13. The minimum atomic E-state index is -3.79. The van der Waals surface area contributed by atoms with E-state index in [9.17, 15) is 22.3 Å². The van der Waals surface area contributed by atoms with Crippen molar-refractivity contribution in [3.63, 3.8) is 0 Å². The predicted molar refractivity (Wildman–Crippen MR) is 78.2 cm³/mol. The van der Waals surface area contributed by atoms with Gasteiger partial charge in [0.25, 0.3) is 0 Å². The molecular formula is C15H15F2NO3S. The van der Waals surface area contributed by atoms with Crippen molar-refractivity contribution in [2.75, 3.05) is 0 Å². The van der Waals surface area contributed by atoms with Crippen molar-refractivity contribution in [2.24, 2.45) is 0 Å². The molecule has 0 saturated heterocycles. The molecule has 4 nitrogen and oxygen atoms in total. The Morgan fingerprint density at radius 2 is 1.68 bits per heavy atom. The lowest BCUT2D eigenvalue weighted by molar-refractivity contribution is 0.280. The van der Waals surface area contributed by atoms with Gasteiger partial charge in [0.05, 0.1) is 12.4 Å². The predicted octanol–water partition coefficient (Wildman–Crippen LogP) is 2.08. The van der Waals surface area contributed by atoms with Crippen LogP contribution in [0.5, 0.6) is 0 Å². The van der Waals surface area contributed by atoms with Crippen molar-refractivity contribution in [1.29, 1.82) is 0 Å². The van der Waals surface area contributed by atoms with Gasteiger partial charge >= 0.3 is 0 Å². The van der Waals surface area contributed by atoms with Gasteiger partial charge in [-0.3, -0.25) is 0 Å². The van der Waals surface area contributed by atoms with Crippen molar-refractivity contribution >= 4 is 10.0 Å². The molecular weight excluding hydrogens is 312 g/mol. The van der Waals surface area contributed by atoms with Crippen LogP contribution in [-0.4, -0.2) is 13.5 Å². The zero-order valence-corrected chi connectivity index (χ0v) is 12.4. The molecule has 2 aromatic carbocycles. The van der Waals surface area contributed by atoms with Crippen molar-refractivity contribution in [3.05, 3.63) is 70.8 Å². The fraction of sp³-hybridized carbons (Fsp3) is 0.200. The molecule has 2 N–H and O–H groups in total. The lowest BCUT2D eigenvalue weighted by atomic mass is 10.1. The Balaban J connectivity index is 2.08. The Morgan fingerprint density at radius 1 is 1.00 bits per heavy atom. The number of aliphatic hydroxyl groups is 1. The van der Waals surface area contributed by atoms with Gasteiger partial charge in [-0.2, -0.15) is 0 Å². The molecule has 2 aromatic rings. The number of sulfonamides is 1. The Labute approximate surface area is 127 Å². The van der Waals surface area contributed by atoms with Gasteiger partial charge in [0.15, 0.2) is 0 Å². The van der Waals surface area contributed by atoms with Crippen LogP contribution in [0, 0.1) is 11.6 Å².